The fourth-order valence-electron chi connectivity index (χ4n) is 3.32. The number of aryl methyl sites for hydroxylation is 4. The molecule has 0 spiro atoms. The highest BCUT2D eigenvalue weighted by atomic mass is 32.2. The number of amides is 1. The number of hydrogen-bond acceptors (Lipinski definition) is 5. The van der Waals surface area contributed by atoms with Crippen LogP contribution in [0.25, 0.3) is 11.5 Å². The van der Waals surface area contributed by atoms with Gasteiger partial charge in [-0.3, -0.25) is 4.79 Å². The maximum Gasteiger partial charge on any atom is 0.277 e. The van der Waals surface area contributed by atoms with Gasteiger partial charge in [0.1, 0.15) is 5.25 Å². The Kier molecular flexibility index (Phi) is 6.42. The van der Waals surface area contributed by atoms with Gasteiger partial charge in [0.15, 0.2) is 0 Å². The van der Waals surface area contributed by atoms with Gasteiger partial charge in [0.2, 0.25) is 11.8 Å². The molecule has 1 heterocycles. The molecule has 6 heteroatoms. The van der Waals surface area contributed by atoms with E-state index in [9.17, 15) is 4.79 Å². The summed E-state index contributed by atoms with van der Waals surface area (Å²) in [6.45, 7) is 8.10. The molecule has 4 aromatic rings. The molecule has 0 aliphatic rings. The summed E-state index contributed by atoms with van der Waals surface area (Å²) in [7, 11) is 0. The number of carbonyl (C=O) groups excluding carboxylic acids is 1. The molecule has 0 saturated carbocycles. The lowest BCUT2D eigenvalue weighted by molar-refractivity contribution is -0.115. The summed E-state index contributed by atoms with van der Waals surface area (Å²) in [5.41, 5.74) is 6.99. The number of carbonyl (C=O) groups is 1. The first-order valence-electron chi connectivity index (χ1n) is 10.4. The third-order valence-corrected chi connectivity index (χ3v) is 6.46. The highest BCUT2D eigenvalue weighted by Crippen LogP contribution is 2.37. The molecule has 0 bridgehead atoms. The van der Waals surface area contributed by atoms with Gasteiger partial charge in [-0.05, 0) is 85.5 Å². The van der Waals surface area contributed by atoms with Crippen molar-refractivity contribution >= 4 is 23.4 Å². The maximum absolute atomic E-state index is 13.3. The van der Waals surface area contributed by atoms with Crippen LogP contribution in [0.4, 0.5) is 5.69 Å². The van der Waals surface area contributed by atoms with E-state index >= 15 is 0 Å². The Labute approximate surface area is 192 Å². The summed E-state index contributed by atoms with van der Waals surface area (Å²) in [6, 6.07) is 21.7. The monoisotopic (exact) mass is 443 g/mol. The number of aromatic nitrogens is 2. The third-order valence-electron chi connectivity index (χ3n) is 5.37. The smallest absolute Gasteiger partial charge is 0.277 e. The Morgan fingerprint density at radius 1 is 0.875 bits per heavy atom. The summed E-state index contributed by atoms with van der Waals surface area (Å²) in [5, 5.41) is 11.3. The van der Waals surface area contributed by atoms with Gasteiger partial charge in [0, 0.05) is 11.3 Å². The van der Waals surface area contributed by atoms with Gasteiger partial charge in [0.05, 0.1) is 0 Å². The first-order chi connectivity index (χ1) is 15.4. The molecule has 3 aromatic carbocycles. The van der Waals surface area contributed by atoms with Crippen molar-refractivity contribution in [3.63, 3.8) is 0 Å². The third kappa shape index (κ3) is 4.92. The second-order valence-corrected chi connectivity index (χ2v) is 8.94. The molecule has 0 aliphatic heterocycles. The van der Waals surface area contributed by atoms with Gasteiger partial charge < -0.3 is 9.73 Å². The Morgan fingerprint density at radius 3 is 2.38 bits per heavy atom. The molecule has 0 radical (unpaired) electrons. The van der Waals surface area contributed by atoms with Crippen molar-refractivity contribution in [2.75, 3.05) is 5.32 Å². The van der Waals surface area contributed by atoms with E-state index in [0.29, 0.717) is 11.1 Å². The van der Waals surface area contributed by atoms with Crippen LogP contribution in [0.1, 0.15) is 33.1 Å². The normalized spacial score (nSPS) is 11.9. The lowest BCUT2D eigenvalue weighted by Crippen LogP contribution is -2.19. The highest BCUT2D eigenvalue weighted by Gasteiger charge is 2.25. The first-order valence-corrected chi connectivity index (χ1v) is 11.3. The van der Waals surface area contributed by atoms with Crippen molar-refractivity contribution in [3.05, 3.63) is 94.5 Å². The van der Waals surface area contributed by atoms with Gasteiger partial charge in [-0.2, -0.15) is 0 Å². The predicted octanol–water partition coefficient (Wildman–Crippen LogP) is 6.44. The highest BCUT2D eigenvalue weighted by molar-refractivity contribution is 8.00. The molecular weight excluding hydrogens is 418 g/mol. The molecule has 32 heavy (non-hydrogen) atoms. The maximum atomic E-state index is 13.3. The Hall–Kier alpha value is -3.38. The van der Waals surface area contributed by atoms with E-state index in [4.69, 9.17) is 4.42 Å². The Morgan fingerprint density at radius 2 is 1.62 bits per heavy atom. The van der Waals surface area contributed by atoms with E-state index in [1.807, 2.05) is 87.5 Å². The zero-order valence-electron chi connectivity index (χ0n) is 18.5. The van der Waals surface area contributed by atoms with Gasteiger partial charge in [-0.25, -0.2) is 0 Å². The average molecular weight is 444 g/mol. The minimum atomic E-state index is -0.538. The fourth-order valence-corrected chi connectivity index (χ4v) is 4.19. The molecule has 1 aromatic heterocycles. The van der Waals surface area contributed by atoms with Gasteiger partial charge in [-0.1, -0.05) is 48.5 Å². The van der Waals surface area contributed by atoms with E-state index in [2.05, 4.69) is 22.4 Å². The van der Waals surface area contributed by atoms with Crippen LogP contribution < -0.4 is 5.32 Å². The summed E-state index contributed by atoms with van der Waals surface area (Å²) < 4.78 is 5.92. The van der Waals surface area contributed by atoms with Crippen LogP contribution in [0.3, 0.4) is 0 Å². The van der Waals surface area contributed by atoms with Crippen molar-refractivity contribution in [2.24, 2.45) is 0 Å². The van der Waals surface area contributed by atoms with Crippen LogP contribution in [0.5, 0.6) is 0 Å². The summed E-state index contributed by atoms with van der Waals surface area (Å²) >= 11 is 1.25. The van der Waals surface area contributed by atoms with Crippen molar-refractivity contribution in [1.82, 2.24) is 10.2 Å². The van der Waals surface area contributed by atoms with Crippen LogP contribution in [0.2, 0.25) is 0 Å². The van der Waals surface area contributed by atoms with Crippen LogP contribution in [0, 0.1) is 27.7 Å². The SMILES string of the molecule is Cc1ccc(C)c(NC(=O)C(Sc2nnc(-c3ccc(C)c(C)c3)o2)c2ccccc2)c1. The quantitative estimate of drug-likeness (QED) is 0.347. The van der Waals surface area contributed by atoms with Crippen molar-refractivity contribution < 1.29 is 9.21 Å². The van der Waals surface area contributed by atoms with Gasteiger partial charge >= 0.3 is 0 Å². The van der Waals surface area contributed by atoms with Crippen molar-refractivity contribution in [3.8, 4) is 11.5 Å². The molecule has 0 fully saturated rings. The lowest BCUT2D eigenvalue weighted by atomic mass is 10.1. The summed E-state index contributed by atoms with van der Waals surface area (Å²) in [5.74, 6) is 0.304. The number of benzene rings is 3. The first kappa shape index (κ1) is 21.8. The zero-order chi connectivity index (χ0) is 22.7. The molecule has 4 rings (SSSR count). The molecule has 0 aliphatic carbocycles. The average Bonchev–Trinajstić information content (AvgIpc) is 3.26. The van der Waals surface area contributed by atoms with Crippen molar-refractivity contribution in [1.29, 1.82) is 0 Å². The second-order valence-electron chi connectivity index (χ2n) is 7.89. The van der Waals surface area contributed by atoms with E-state index < -0.39 is 5.25 Å². The Bertz CT molecular complexity index is 1250. The molecule has 0 saturated heterocycles. The molecule has 1 unspecified atom stereocenters. The largest absolute Gasteiger partial charge is 0.411 e. The van der Waals surface area contributed by atoms with Crippen LogP contribution >= 0.6 is 11.8 Å². The number of anilines is 1. The number of rotatable bonds is 6. The molecule has 1 amide bonds. The van der Waals surface area contributed by atoms with E-state index in [-0.39, 0.29) is 5.91 Å². The Balaban J connectivity index is 1.60. The fraction of sp³-hybridized carbons (Fsp3) is 0.192. The van der Waals surface area contributed by atoms with Crippen molar-refractivity contribution in [2.45, 2.75) is 38.2 Å². The number of nitrogens with zero attached hydrogens (tertiary/aromatic N) is 2. The number of thioether (sulfide) groups is 1. The van der Waals surface area contributed by atoms with Gasteiger partial charge in [0.25, 0.3) is 5.22 Å². The topological polar surface area (TPSA) is 68.0 Å². The molecular formula is C26H25N3O2S. The standard InChI is InChI=1S/C26H25N3O2S/c1-16-10-11-18(3)22(14-16)27-24(30)23(20-8-6-5-7-9-20)32-26-29-28-25(31-26)21-13-12-17(2)19(4)15-21/h5-15,23H,1-4H3,(H,27,30). The number of nitrogens with one attached hydrogen (secondary N) is 1. The lowest BCUT2D eigenvalue weighted by Gasteiger charge is -2.16. The predicted molar refractivity (Wildman–Crippen MR) is 129 cm³/mol. The van der Waals surface area contributed by atoms with Crippen LogP contribution in [0.15, 0.2) is 76.4 Å². The van der Waals surface area contributed by atoms with E-state index in [0.717, 1.165) is 33.5 Å². The van der Waals surface area contributed by atoms with E-state index in [1.54, 1.807) is 0 Å². The molecule has 1 N–H and O–H groups in total. The minimum absolute atomic E-state index is 0.138. The van der Waals surface area contributed by atoms with Crippen LogP contribution in [-0.2, 0) is 4.79 Å². The summed E-state index contributed by atoms with van der Waals surface area (Å²) in [4.78, 5) is 13.3. The molecule has 162 valence electrons. The van der Waals surface area contributed by atoms with Gasteiger partial charge in [-0.15, -0.1) is 10.2 Å². The number of hydrogen-bond donors (Lipinski definition) is 1. The second kappa shape index (κ2) is 9.40. The van der Waals surface area contributed by atoms with Crippen LogP contribution in [-0.4, -0.2) is 16.1 Å². The minimum Gasteiger partial charge on any atom is -0.411 e. The molecule has 1 atom stereocenters. The van der Waals surface area contributed by atoms with E-state index in [1.165, 1.54) is 17.3 Å². The zero-order valence-corrected chi connectivity index (χ0v) is 19.4. The molecule has 5 nitrogen and oxygen atoms in total. The summed E-state index contributed by atoms with van der Waals surface area (Å²) in [6.07, 6.45) is 0.